The Balaban J connectivity index is 0.00000364. The van der Waals surface area contributed by atoms with Crippen molar-refractivity contribution in [2.45, 2.75) is 19.9 Å². The number of aromatic hydroxyl groups is 1. The van der Waals surface area contributed by atoms with E-state index in [0.29, 0.717) is 12.3 Å². The molecule has 0 aliphatic heterocycles. The third-order valence-electron chi connectivity index (χ3n) is 3.89. The highest BCUT2D eigenvalue weighted by molar-refractivity contribution is 14.0. The molecule has 0 amide bonds. The van der Waals surface area contributed by atoms with E-state index in [9.17, 15) is 5.11 Å². The van der Waals surface area contributed by atoms with Crippen molar-refractivity contribution in [3.8, 4) is 17.2 Å². The van der Waals surface area contributed by atoms with Gasteiger partial charge in [-0.1, -0.05) is 24.3 Å². The minimum absolute atomic E-state index is 0. The molecular weight excluding hydrogens is 457 g/mol. The molecule has 0 saturated carbocycles. The molecule has 0 aliphatic carbocycles. The highest BCUT2D eigenvalue weighted by Crippen LogP contribution is 2.26. The molecule has 27 heavy (non-hydrogen) atoms. The topological polar surface area (TPSA) is 75.1 Å². The van der Waals surface area contributed by atoms with Crippen LogP contribution in [0.2, 0.25) is 0 Å². The fourth-order valence-corrected chi connectivity index (χ4v) is 2.57. The number of hydrogen-bond donors (Lipinski definition) is 3. The van der Waals surface area contributed by atoms with Crippen LogP contribution in [0.15, 0.2) is 47.5 Å². The number of hydrogen-bond acceptors (Lipinski definition) is 4. The predicted octanol–water partition coefficient (Wildman–Crippen LogP) is 3.33. The van der Waals surface area contributed by atoms with Gasteiger partial charge in [0.05, 0.1) is 20.8 Å². The summed E-state index contributed by atoms with van der Waals surface area (Å²) in [5, 5.41) is 16.4. The summed E-state index contributed by atoms with van der Waals surface area (Å²) in [6, 6.07) is 13.3. The van der Waals surface area contributed by atoms with Crippen molar-refractivity contribution in [1.29, 1.82) is 0 Å². The molecule has 0 saturated heterocycles. The molecule has 0 bridgehead atoms. The zero-order valence-corrected chi connectivity index (χ0v) is 18.3. The van der Waals surface area contributed by atoms with Gasteiger partial charge in [0.15, 0.2) is 17.5 Å². The van der Waals surface area contributed by atoms with Gasteiger partial charge in [-0.05, 0) is 42.7 Å². The van der Waals surface area contributed by atoms with Crippen molar-refractivity contribution >= 4 is 29.9 Å². The van der Waals surface area contributed by atoms with Crippen LogP contribution in [0.4, 0.5) is 0 Å². The van der Waals surface area contributed by atoms with Crippen molar-refractivity contribution in [3.63, 3.8) is 0 Å². The maximum absolute atomic E-state index is 9.86. The molecule has 148 valence electrons. The summed E-state index contributed by atoms with van der Waals surface area (Å²) >= 11 is 0. The summed E-state index contributed by atoms with van der Waals surface area (Å²) in [6.07, 6.45) is 0.831. The Labute approximate surface area is 178 Å². The van der Waals surface area contributed by atoms with Gasteiger partial charge >= 0.3 is 0 Å². The molecule has 0 spiro atoms. The third kappa shape index (κ3) is 7.16. The first kappa shape index (κ1) is 22.9. The Morgan fingerprint density at radius 3 is 2.44 bits per heavy atom. The van der Waals surface area contributed by atoms with Crippen molar-refractivity contribution in [1.82, 2.24) is 10.6 Å². The third-order valence-corrected chi connectivity index (χ3v) is 3.89. The maximum Gasteiger partial charge on any atom is 0.191 e. The van der Waals surface area contributed by atoms with Gasteiger partial charge in [0, 0.05) is 13.1 Å². The lowest BCUT2D eigenvalue weighted by Gasteiger charge is -2.13. The average Bonchev–Trinajstić information content (AvgIpc) is 2.66. The monoisotopic (exact) mass is 485 g/mol. The number of phenolic OH excluding ortho intramolecular Hbond substituents is 1. The first-order valence-electron chi connectivity index (χ1n) is 8.67. The average molecular weight is 485 g/mol. The lowest BCUT2D eigenvalue weighted by molar-refractivity contribution is 0.373. The minimum atomic E-state index is 0. The SMILES string of the molecule is CCNC(=NCc1ccc(OC)c(O)c1)NCCc1ccccc1OC.I. The summed E-state index contributed by atoms with van der Waals surface area (Å²) in [4.78, 5) is 4.57. The fourth-order valence-electron chi connectivity index (χ4n) is 2.57. The lowest BCUT2D eigenvalue weighted by Crippen LogP contribution is -2.38. The van der Waals surface area contributed by atoms with E-state index in [2.05, 4.69) is 21.7 Å². The first-order valence-corrected chi connectivity index (χ1v) is 8.67. The molecule has 0 radical (unpaired) electrons. The second-order valence-electron chi connectivity index (χ2n) is 5.69. The van der Waals surface area contributed by atoms with E-state index in [-0.39, 0.29) is 29.7 Å². The summed E-state index contributed by atoms with van der Waals surface area (Å²) in [5.74, 6) is 2.21. The zero-order chi connectivity index (χ0) is 18.8. The molecule has 6 nitrogen and oxygen atoms in total. The highest BCUT2D eigenvalue weighted by Gasteiger charge is 2.04. The van der Waals surface area contributed by atoms with E-state index in [1.54, 1.807) is 19.2 Å². The van der Waals surface area contributed by atoms with Gasteiger partial charge in [-0.15, -0.1) is 24.0 Å². The van der Waals surface area contributed by atoms with E-state index in [1.807, 2.05) is 31.2 Å². The number of benzene rings is 2. The van der Waals surface area contributed by atoms with Gasteiger partial charge in [0.25, 0.3) is 0 Å². The van der Waals surface area contributed by atoms with Gasteiger partial charge in [0.1, 0.15) is 5.75 Å². The summed E-state index contributed by atoms with van der Waals surface area (Å²) < 4.78 is 10.4. The maximum atomic E-state index is 9.86. The van der Waals surface area contributed by atoms with Crippen molar-refractivity contribution in [2.24, 2.45) is 4.99 Å². The van der Waals surface area contributed by atoms with Crippen LogP contribution < -0.4 is 20.1 Å². The van der Waals surface area contributed by atoms with Gasteiger partial charge < -0.3 is 25.2 Å². The van der Waals surface area contributed by atoms with Gasteiger partial charge in [-0.3, -0.25) is 0 Å². The second-order valence-corrected chi connectivity index (χ2v) is 5.69. The predicted molar refractivity (Wildman–Crippen MR) is 120 cm³/mol. The molecule has 0 aromatic heterocycles. The first-order chi connectivity index (χ1) is 12.7. The Bertz CT molecular complexity index is 738. The van der Waals surface area contributed by atoms with Crippen LogP contribution in [0.1, 0.15) is 18.1 Å². The van der Waals surface area contributed by atoms with Crippen LogP contribution in [0.5, 0.6) is 17.2 Å². The Morgan fingerprint density at radius 1 is 1.04 bits per heavy atom. The number of guanidine groups is 1. The number of phenols is 1. The number of rotatable bonds is 8. The summed E-state index contributed by atoms with van der Waals surface area (Å²) in [6.45, 7) is 3.99. The van der Waals surface area contributed by atoms with E-state index in [1.165, 1.54) is 7.11 Å². The van der Waals surface area contributed by atoms with Crippen molar-refractivity contribution in [2.75, 3.05) is 27.3 Å². The van der Waals surface area contributed by atoms with Gasteiger partial charge in [-0.2, -0.15) is 0 Å². The molecule has 0 fully saturated rings. The molecule has 2 rings (SSSR count). The summed E-state index contributed by atoms with van der Waals surface area (Å²) in [7, 11) is 3.21. The van der Waals surface area contributed by atoms with E-state index in [4.69, 9.17) is 9.47 Å². The van der Waals surface area contributed by atoms with Crippen LogP contribution in [-0.4, -0.2) is 38.4 Å². The normalized spacial score (nSPS) is 10.7. The lowest BCUT2D eigenvalue weighted by atomic mass is 10.1. The Kier molecular flexibility index (Phi) is 10.4. The molecule has 0 aliphatic rings. The summed E-state index contributed by atoms with van der Waals surface area (Å²) in [5.41, 5.74) is 2.06. The number of para-hydroxylation sites is 1. The Hall–Kier alpha value is -2.16. The standard InChI is InChI=1S/C20H27N3O3.HI/c1-4-21-20(22-12-11-16-7-5-6-8-18(16)25-2)23-14-15-9-10-19(26-3)17(24)13-15;/h5-10,13,24H,4,11-12,14H2,1-3H3,(H2,21,22,23);1H. The second kappa shape index (κ2) is 12.3. The van der Waals surface area contributed by atoms with Crippen LogP contribution in [0, 0.1) is 0 Å². The van der Waals surface area contributed by atoms with E-state index >= 15 is 0 Å². The molecule has 3 N–H and O–H groups in total. The van der Waals surface area contributed by atoms with Gasteiger partial charge in [0.2, 0.25) is 0 Å². The van der Waals surface area contributed by atoms with Crippen LogP contribution in [0.3, 0.4) is 0 Å². The molecule has 0 unspecified atom stereocenters. The molecule has 2 aromatic carbocycles. The largest absolute Gasteiger partial charge is 0.504 e. The van der Waals surface area contributed by atoms with Crippen LogP contribution >= 0.6 is 24.0 Å². The van der Waals surface area contributed by atoms with E-state index < -0.39 is 0 Å². The smallest absolute Gasteiger partial charge is 0.191 e. The number of nitrogens with zero attached hydrogens (tertiary/aromatic N) is 1. The van der Waals surface area contributed by atoms with Crippen LogP contribution in [-0.2, 0) is 13.0 Å². The molecule has 7 heteroatoms. The molecule has 0 atom stereocenters. The number of methoxy groups -OCH3 is 2. The molecule has 2 aromatic rings. The fraction of sp³-hybridized carbons (Fsp3) is 0.350. The number of nitrogens with one attached hydrogen (secondary N) is 2. The van der Waals surface area contributed by atoms with E-state index in [0.717, 1.165) is 42.3 Å². The van der Waals surface area contributed by atoms with Crippen LogP contribution in [0.25, 0.3) is 0 Å². The Morgan fingerprint density at radius 2 is 1.78 bits per heavy atom. The molecule has 0 heterocycles. The highest BCUT2D eigenvalue weighted by atomic mass is 127. The molecular formula is C20H28IN3O3. The number of aliphatic imine (C=N–C) groups is 1. The van der Waals surface area contributed by atoms with Gasteiger partial charge in [-0.25, -0.2) is 4.99 Å². The number of ether oxygens (including phenoxy) is 2. The quantitative estimate of drug-likeness (QED) is 0.304. The van der Waals surface area contributed by atoms with Crippen molar-refractivity contribution < 1.29 is 14.6 Å². The van der Waals surface area contributed by atoms with Crippen molar-refractivity contribution in [3.05, 3.63) is 53.6 Å². The zero-order valence-electron chi connectivity index (χ0n) is 16.0. The number of halogens is 1. The minimum Gasteiger partial charge on any atom is -0.504 e.